The summed E-state index contributed by atoms with van der Waals surface area (Å²) in [5, 5.41) is 12.4. The van der Waals surface area contributed by atoms with E-state index in [0.717, 1.165) is 33.0 Å². The topological polar surface area (TPSA) is 41.5 Å². The van der Waals surface area contributed by atoms with E-state index in [1.165, 1.54) is 0 Å². The molecule has 4 heteroatoms. The van der Waals surface area contributed by atoms with E-state index < -0.39 is 0 Å². The van der Waals surface area contributed by atoms with Gasteiger partial charge in [-0.25, -0.2) is 0 Å². The molecule has 0 bridgehead atoms. The molecule has 0 amide bonds. The van der Waals surface area contributed by atoms with Gasteiger partial charge in [0.15, 0.2) is 0 Å². The second-order valence-corrected chi connectivity index (χ2v) is 4.16. The highest BCUT2D eigenvalue weighted by Gasteiger charge is 2.16. The van der Waals surface area contributed by atoms with Crippen molar-refractivity contribution in [3.63, 3.8) is 0 Å². The molecule has 0 heterocycles. The number of nitrogens with one attached hydrogen (secondary N) is 1. The molecule has 0 aliphatic rings. The van der Waals surface area contributed by atoms with Crippen molar-refractivity contribution in [3.8, 4) is 5.75 Å². The number of ether oxygens (including phenoxy) is 1. The zero-order chi connectivity index (χ0) is 12.3. The SMILES string of the molecule is COc1c(C)c(C)c(Cl)c(C)c1CNCO. The van der Waals surface area contributed by atoms with Crippen LogP contribution < -0.4 is 10.1 Å². The second-order valence-electron chi connectivity index (χ2n) is 3.79. The van der Waals surface area contributed by atoms with Crippen molar-refractivity contribution in [2.75, 3.05) is 13.8 Å². The minimum atomic E-state index is -0.0624. The molecule has 3 nitrogen and oxygen atoms in total. The highest BCUT2D eigenvalue weighted by Crippen LogP contribution is 2.35. The second kappa shape index (κ2) is 5.53. The first-order chi connectivity index (χ1) is 7.54. The van der Waals surface area contributed by atoms with Crippen LogP contribution >= 0.6 is 11.6 Å². The van der Waals surface area contributed by atoms with Gasteiger partial charge < -0.3 is 9.84 Å². The summed E-state index contributed by atoms with van der Waals surface area (Å²) < 4.78 is 5.41. The van der Waals surface area contributed by atoms with Gasteiger partial charge in [0.25, 0.3) is 0 Å². The van der Waals surface area contributed by atoms with Crippen LogP contribution in [0.4, 0.5) is 0 Å². The number of rotatable bonds is 4. The van der Waals surface area contributed by atoms with Crippen LogP contribution in [0.25, 0.3) is 0 Å². The molecule has 0 aliphatic heterocycles. The van der Waals surface area contributed by atoms with Gasteiger partial charge in [-0.3, -0.25) is 5.32 Å². The number of aliphatic hydroxyl groups is 1. The fourth-order valence-electron chi connectivity index (χ4n) is 1.82. The molecule has 1 rings (SSSR count). The van der Waals surface area contributed by atoms with Gasteiger partial charge in [0.1, 0.15) is 5.75 Å². The minimum Gasteiger partial charge on any atom is -0.496 e. The maximum atomic E-state index is 8.79. The Morgan fingerprint density at radius 2 is 1.81 bits per heavy atom. The Morgan fingerprint density at radius 3 is 2.31 bits per heavy atom. The Balaban J connectivity index is 3.33. The maximum Gasteiger partial charge on any atom is 0.126 e. The van der Waals surface area contributed by atoms with Crippen molar-refractivity contribution >= 4 is 11.6 Å². The lowest BCUT2D eigenvalue weighted by molar-refractivity contribution is 0.258. The normalized spacial score (nSPS) is 10.6. The van der Waals surface area contributed by atoms with E-state index in [9.17, 15) is 0 Å². The minimum absolute atomic E-state index is 0.0624. The van der Waals surface area contributed by atoms with Crippen molar-refractivity contribution in [2.45, 2.75) is 27.3 Å². The summed E-state index contributed by atoms with van der Waals surface area (Å²) in [6, 6.07) is 0. The molecule has 0 radical (unpaired) electrons. The van der Waals surface area contributed by atoms with E-state index in [4.69, 9.17) is 21.4 Å². The molecule has 1 aromatic rings. The third-order valence-electron chi connectivity index (χ3n) is 2.91. The average molecular weight is 244 g/mol. The van der Waals surface area contributed by atoms with E-state index in [-0.39, 0.29) is 6.73 Å². The summed E-state index contributed by atoms with van der Waals surface area (Å²) in [7, 11) is 1.65. The van der Waals surface area contributed by atoms with Crippen molar-refractivity contribution in [1.82, 2.24) is 5.32 Å². The van der Waals surface area contributed by atoms with Gasteiger partial charge in [0, 0.05) is 17.1 Å². The number of halogens is 1. The first kappa shape index (κ1) is 13.3. The van der Waals surface area contributed by atoms with Crippen molar-refractivity contribution in [1.29, 1.82) is 0 Å². The van der Waals surface area contributed by atoms with Crippen LogP contribution in [-0.2, 0) is 6.54 Å². The fourth-order valence-corrected chi connectivity index (χ4v) is 2.07. The predicted molar refractivity (Wildman–Crippen MR) is 66.1 cm³/mol. The van der Waals surface area contributed by atoms with Crippen LogP contribution in [0.2, 0.25) is 5.02 Å². The molecule has 0 spiro atoms. The van der Waals surface area contributed by atoms with Crippen LogP contribution in [0.1, 0.15) is 22.3 Å². The molecular formula is C12H18ClNO2. The fraction of sp³-hybridized carbons (Fsp3) is 0.500. The molecule has 0 unspecified atom stereocenters. The van der Waals surface area contributed by atoms with Crippen LogP contribution in [0.5, 0.6) is 5.75 Å². The molecule has 0 fully saturated rings. The highest BCUT2D eigenvalue weighted by molar-refractivity contribution is 6.32. The van der Waals surface area contributed by atoms with Gasteiger partial charge in [-0.05, 0) is 37.5 Å². The molecule has 2 N–H and O–H groups in total. The predicted octanol–water partition coefficient (Wildman–Crippen LogP) is 2.31. The van der Waals surface area contributed by atoms with Crippen LogP contribution in [-0.4, -0.2) is 18.9 Å². The summed E-state index contributed by atoms with van der Waals surface area (Å²) in [6.45, 7) is 6.42. The number of aliphatic hydroxyl groups excluding tert-OH is 1. The summed E-state index contributed by atoms with van der Waals surface area (Å²) in [4.78, 5) is 0. The number of methoxy groups -OCH3 is 1. The Kier molecular flexibility index (Phi) is 4.59. The first-order valence-corrected chi connectivity index (χ1v) is 5.56. The number of benzene rings is 1. The van der Waals surface area contributed by atoms with Crippen LogP contribution in [0.3, 0.4) is 0 Å². The maximum absolute atomic E-state index is 8.79. The van der Waals surface area contributed by atoms with E-state index in [0.29, 0.717) is 6.54 Å². The number of hydrogen-bond donors (Lipinski definition) is 2. The molecular weight excluding hydrogens is 226 g/mol. The molecule has 0 aliphatic carbocycles. The van der Waals surface area contributed by atoms with Gasteiger partial charge in [0.2, 0.25) is 0 Å². The molecule has 16 heavy (non-hydrogen) atoms. The van der Waals surface area contributed by atoms with Gasteiger partial charge in [-0.2, -0.15) is 0 Å². The first-order valence-electron chi connectivity index (χ1n) is 5.18. The monoisotopic (exact) mass is 243 g/mol. The van der Waals surface area contributed by atoms with Gasteiger partial charge in [0.05, 0.1) is 13.8 Å². The van der Waals surface area contributed by atoms with Crippen molar-refractivity contribution in [3.05, 3.63) is 27.3 Å². The largest absolute Gasteiger partial charge is 0.496 e. The highest BCUT2D eigenvalue weighted by atomic mass is 35.5. The summed E-state index contributed by atoms with van der Waals surface area (Å²) in [6.07, 6.45) is 0. The summed E-state index contributed by atoms with van der Waals surface area (Å²) >= 11 is 6.25. The van der Waals surface area contributed by atoms with Gasteiger partial charge in [-0.15, -0.1) is 0 Å². The molecule has 1 aromatic carbocycles. The third-order valence-corrected chi connectivity index (χ3v) is 3.47. The summed E-state index contributed by atoms with van der Waals surface area (Å²) in [5.41, 5.74) is 4.10. The van der Waals surface area contributed by atoms with E-state index in [1.54, 1.807) is 7.11 Å². The zero-order valence-electron chi connectivity index (χ0n) is 10.1. The lowest BCUT2D eigenvalue weighted by Crippen LogP contribution is -2.16. The van der Waals surface area contributed by atoms with Gasteiger partial charge >= 0.3 is 0 Å². The smallest absolute Gasteiger partial charge is 0.126 e. The Bertz CT molecular complexity index is 391. The van der Waals surface area contributed by atoms with Crippen molar-refractivity contribution < 1.29 is 9.84 Å². The quantitative estimate of drug-likeness (QED) is 0.798. The molecule has 0 aromatic heterocycles. The van der Waals surface area contributed by atoms with E-state index in [1.807, 2.05) is 20.8 Å². The molecule has 90 valence electrons. The van der Waals surface area contributed by atoms with Gasteiger partial charge in [-0.1, -0.05) is 11.6 Å². The average Bonchev–Trinajstić information content (AvgIpc) is 2.29. The number of hydrogen-bond acceptors (Lipinski definition) is 3. The Hall–Kier alpha value is -0.770. The standard InChI is InChI=1S/C12H18ClNO2/c1-7-8(2)12(16-4)10(5-14-6-15)9(3)11(7)13/h14-15H,5-6H2,1-4H3. The summed E-state index contributed by atoms with van der Waals surface area (Å²) in [5.74, 6) is 0.848. The Morgan fingerprint density at radius 1 is 1.19 bits per heavy atom. The van der Waals surface area contributed by atoms with E-state index >= 15 is 0 Å². The third kappa shape index (κ3) is 2.32. The van der Waals surface area contributed by atoms with Crippen LogP contribution in [0.15, 0.2) is 0 Å². The lowest BCUT2D eigenvalue weighted by Gasteiger charge is -2.18. The Labute approximate surface area is 101 Å². The lowest BCUT2D eigenvalue weighted by atomic mass is 9.98. The zero-order valence-corrected chi connectivity index (χ0v) is 10.9. The molecule has 0 saturated heterocycles. The molecule has 0 saturated carbocycles. The van der Waals surface area contributed by atoms with Crippen LogP contribution in [0, 0.1) is 20.8 Å². The molecule has 0 atom stereocenters. The van der Waals surface area contributed by atoms with Crippen molar-refractivity contribution in [2.24, 2.45) is 0 Å². The van der Waals surface area contributed by atoms with E-state index in [2.05, 4.69) is 5.32 Å².